The van der Waals surface area contributed by atoms with Gasteiger partial charge in [-0.3, -0.25) is 4.98 Å². The average Bonchev–Trinajstić information content (AvgIpc) is 2.95. The van der Waals surface area contributed by atoms with Gasteiger partial charge in [0.15, 0.2) is 0 Å². The van der Waals surface area contributed by atoms with Crippen LogP contribution in [-0.4, -0.2) is 9.55 Å². The fraction of sp³-hybridized carbons (Fsp3) is 0.0455. The molecule has 3 aromatic carbocycles. The van der Waals surface area contributed by atoms with Crippen LogP contribution >= 0.6 is 0 Å². The molecule has 0 aliphatic rings. The van der Waals surface area contributed by atoms with E-state index in [9.17, 15) is 0 Å². The second kappa shape index (κ2) is 4.93. The lowest BCUT2D eigenvalue weighted by Gasteiger charge is -2.03. The third-order valence-electron chi connectivity index (χ3n) is 4.84. The quantitative estimate of drug-likeness (QED) is 0.397. The standard InChI is InChI=1S/C22H16N2/c1-24-21-12-10-16(20-8-4-5-13-23-20)14-19(21)18-11-9-15-6-2-3-7-17(15)22(18)24/h2-14H,1H3. The third kappa shape index (κ3) is 1.80. The molecule has 24 heavy (non-hydrogen) atoms. The summed E-state index contributed by atoms with van der Waals surface area (Å²) in [5.74, 6) is 0. The minimum absolute atomic E-state index is 1.01. The Bertz CT molecular complexity index is 1200. The highest BCUT2D eigenvalue weighted by Gasteiger charge is 2.12. The Morgan fingerprint density at radius 3 is 2.50 bits per heavy atom. The second-order valence-corrected chi connectivity index (χ2v) is 6.19. The number of fused-ring (bicyclic) bond motifs is 5. The number of aryl methyl sites for hydroxylation is 1. The summed E-state index contributed by atoms with van der Waals surface area (Å²) in [5, 5.41) is 5.15. The maximum atomic E-state index is 4.49. The van der Waals surface area contributed by atoms with E-state index in [0.29, 0.717) is 0 Å². The first-order chi connectivity index (χ1) is 11.8. The van der Waals surface area contributed by atoms with E-state index in [1.807, 2.05) is 18.3 Å². The lowest BCUT2D eigenvalue weighted by atomic mass is 10.0. The summed E-state index contributed by atoms with van der Waals surface area (Å²) in [7, 11) is 2.15. The van der Waals surface area contributed by atoms with E-state index in [1.54, 1.807) is 0 Å². The molecule has 0 aliphatic carbocycles. The zero-order valence-corrected chi connectivity index (χ0v) is 13.4. The molecule has 0 saturated carbocycles. The molecule has 0 aliphatic heterocycles. The molecule has 2 nitrogen and oxygen atoms in total. The molecule has 2 heterocycles. The molecular weight excluding hydrogens is 292 g/mol. The molecule has 0 N–H and O–H groups in total. The van der Waals surface area contributed by atoms with E-state index >= 15 is 0 Å². The molecule has 0 amide bonds. The Morgan fingerprint density at radius 2 is 1.62 bits per heavy atom. The van der Waals surface area contributed by atoms with Crippen LogP contribution in [0.25, 0.3) is 43.8 Å². The van der Waals surface area contributed by atoms with Crippen molar-refractivity contribution >= 4 is 32.6 Å². The Labute approximate surface area is 140 Å². The zero-order chi connectivity index (χ0) is 16.1. The van der Waals surface area contributed by atoms with E-state index in [2.05, 4.69) is 77.3 Å². The van der Waals surface area contributed by atoms with Crippen molar-refractivity contribution in [2.75, 3.05) is 0 Å². The molecule has 0 bridgehead atoms. The Hall–Kier alpha value is -3.13. The molecule has 2 aromatic heterocycles. The van der Waals surface area contributed by atoms with Gasteiger partial charge in [-0.05, 0) is 29.7 Å². The van der Waals surface area contributed by atoms with Gasteiger partial charge in [0, 0.05) is 40.5 Å². The summed E-state index contributed by atoms with van der Waals surface area (Å²) < 4.78 is 2.30. The minimum Gasteiger partial charge on any atom is -0.343 e. The molecular formula is C22H16N2. The van der Waals surface area contributed by atoms with Crippen LogP contribution in [0.3, 0.4) is 0 Å². The number of pyridine rings is 1. The van der Waals surface area contributed by atoms with Crippen molar-refractivity contribution in [3.05, 3.63) is 79.0 Å². The van der Waals surface area contributed by atoms with E-state index < -0.39 is 0 Å². The number of nitrogens with zero attached hydrogens (tertiary/aromatic N) is 2. The van der Waals surface area contributed by atoms with Gasteiger partial charge in [-0.2, -0.15) is 0 Å². The summed E-state index contributed by atoms with van der Waals surface area (Å²) in [4.78, 5) is 4.49. The molecule has 5 aromatic rings. The van der Waals surface area contributed by atoms with Crippen molar-refractivity contribution in [1.82, 2.24) is 9.55 Å². The maximum absolute atomic E-state index is 4.49. The first-order valence-corrected chi connectivity index (χ1v) is 8.14. The summed E-state index contributed by atoms with van der Waals surface area (Å²) in [5.41, 5.74) is 4.71. The average molecular weight is 308 g/mol. The van der Waals surface area contributed by atoms with Crippen molar-refractivity contribution in [3.63, 3.8) is 0 Å². The maximum Gasteiger partial charge on any atom is 0.0702 e. The highest BCUT2D eigenvalue weighted by molar-refractivity contribution is 6.18. The van der Waals surface area contributed by atoms with Crippen LogP contribution in [-0.2, 0) is 7.05 Å². The SMILES string of the molecule is Cn1c2ccc(-c3ccccn3)cc2c2ccc3ccccc3c21. The minimum atomic E-state index is 1.01. The number of aromatic nitrogens is 2. The van der Waals surface area contributed by atoms with Gasteiger partial charge < -0.3 is 4.57 Å². The summed E-state index contributed by atoms with van der Waals surface area (Å²) >= 11 is 0. The smallest absolute Gasteiger partial charge is 0.0702 e. The third-order valence-corrected chi connectivity index (χ3v) is 4.84. The molecule has 5 rings (SSSR count). The van der Waals surface area contributed by atoms with Gasteiger partial charge in [0.05, 0.1) is 11.2 Å². The summed E-state index contributed by atoms with van der Waals surface area (Å²) in [6, 6.07) is 25.7. The van der Waals surface area contributed by atoms with Gasteiger partial charge in [0.25, 0.3) is 0 Å². The molecule has 0 unspecified atom stereocenters. The van der Waals surface area contributed by atoms with Gasteiger partial charge in [-0.15, -0.1) is 0 Å². The normalized spacial score (nSPS) is 11.5. The first-order valence-electron chi connectivity index (χ1n) is 8.14. The van der Waals surface area contributed by atoms with Crippen LogP contribution in [0.5, 0.6) is 0 Å². The van der Waals surface area contributed by atoms with Crippen molar-refractivity contribution in [1.29, 1.82) is 0 Å². The molecule has 114 valence electrons. The van der Waals surface area contributed by atoms with E-state index in [0.717, 1.165) is 11.3 Å². The lowest BCUT2D eigenvalue weighted by Crippen LogP contribution is -1.88. The lowest BCUT2D eigenvalue weighted by molar-refractivity contribution is 1.02. The second-order valence-electron chi connectivity index (χ2n) is 6.19. The number of hydrogen-bond acceptors (Lipinski definition) is 1. The van der Waals surface area contributed by atoms with Gasteiger partial charge in [-0.1, -0.05) is 48.5 Å². The van der Waals surface area contributed by atoms with Crippen molar-refractivity contribution < 1.29 is 0 Å². The van der Waals surface area contributed by atoms with Crippen molar-refractivity contribution in [3.8, 4) is 11.3 Å². The van der Waals surface area contributed by atoms with Crippen LogP contribution in [0.2, 0.25) is 0 Å². The van der Waals surface area contributed by atoms with Crippen LogP contribution < -0.4 is 0 Å². The Morgan fingerprint density at radius 1 is 0.750 bits per heavy atom. The highest BCUT2D eigenvalue weighted by atomic mass is 14.9. The predicted molar refractivity (Wildman–Crippen MR) is 101 cm³/mol. The first kappa shape index (κ1) is 13.3. The fourth-order valence-electron chi connectivity index (χ4n) is 3.69. The Balaban J connectivity index is 1.90. The number of hydrogen-bond donors (Lipinski definition) is 0. The van der Waals surface area contributed by atoms with E-state index in [1.165, 1.54) is 32.6 Å². The van der Waals surface area contributed by atoms with Crippen LogP contribution in [0.4, 0.5) is 0 Å². The molecule has 0 atom stereocenters. The van der Waals surface area contributed by atoms with Crippen LogP contribution in [0.1, 0.15) is 0 Å². The molecule has 0 saturated heterocycles. The molecule has 2 heteroatoms. The van der Waals surface area contributed by atoms with Crippen molar-refractivity contribution in [2.24, 2.45) is 7.05 Å². The van der Waals surface area contributed by atoms with Gasteiger partial charge in [-0.25, -0.2) is 0 Å². The van der Waals surface area contributed by atoms with E-state index in [-0.39, 0.29) is 0 Å². The molecule has 0 spiro atoms. The van der Waals surface area contributed by atoms with Gasteiger partial charge >= 0.3 is 0 Å². The number of benzene rings is 3. The van der Waals surface area contributed by atoms with Crippen molar-refractivity contribution in [2.45, 2.75) is 0 Å². The van der Waals surface area contributed by atoms with Crippen LogP contribution in [0, 0.1) is 0 Å². The van der Waals surface area contributed by atoms with Gasteiger partial charge in [0.2, 0.25) is 0 Å². The summed E-state index contributed by atoms with van der Waals surface area (Å²) in [6.07, 6.45) is 1.84. The summed E-state index contributed by atoms with van der Waals surface area (Å²) in [6.45, 7) is 0. The number of rotatable bonds is 1. The topological polar surface area (TPSA) is 17.8 Å². The highest BCUT2D eigenvalue weighted by Crippen LogP contribution is 2.35. The van der Waals surface area contributed by atoms with E-state index in [4.69, 9.17) is 0 Å². The van der Waals surface area contributed by atoms with Gasteiger partial charge in [0.1, 0.15) is 0 Å². The molecule has 0 radical (unpaired) electrons. The zero-order valence-electron chi connectivity index (χ0n) is 13.4. The Kier molecular flexibility index (Phi) is 2.74. The molecule has 0 fully saturated rings. The van der Waals surface area contributed by atoms with Crippen LogP contribution in [0.15, 0.2) is 79.0 Å². The predicted octanol–water partition coefficient (Wildman–Crippen LogP) is 5.55. The largest absolute Gasteiger partial charge is 0.343 e. The monoisotopic (exact) mass is 308 g/mol. The fourth-order valence-corrected chi connectivity index (χ4v) is 3.69.